The Morgan fingerprint density at radius 2 is 2.35 bits per heavy atom. The SMILES string of the molecule is Cc1cccc(C(=O)NCCc2cncs2)c1. The number of rotatable bonds is 4. The van der Waals surface area contributed by atoms with Crippen LogP contribution in [0.3, 0.4) is 0 Å². The molecule has 88 valence electrons. The molecule has 0 fully saturated rings. The van der Waals surface area contributed by atoms with E-state index in [-0.39, 0.29) is 5.91 Å². The number of nitrogens with zero attached hydrogens (tertiary/aromatic N) is 1. The zero-order chi connectivity index (χ0) is 12.1. The third-order valence-corrected chi connectivity index (χ3v) is 3.26. The molecule has 0 unspecified atom stereocenters. The normalized spacial score (nSPS) is 10.2. The van der Waals surface area contributed by atoms with E-state index >= 15 is 0 Å². The highest BCUT2D eigenvalue weighted by Crippen LogP contribution is 2.06. The molecule has 2 rings (SSSR count). The van der Waals surface area contributed by atoms with E-state index in [1.807, 2.05) is 37.4 Å². The van der Waals surface area contributed by atoms with Crippen LogP contribution in [0.1, 0.15) is 20.8 Å². The quantitative estimate of drug-likeness (QED) is 0.900. The maximum Gasteiger partial charge on any atom is 0.251 e. The van der Waals surface area contributed by atoms with Crippen molar-refractivity contribution in [1.82, 2.24) is 10.3 Å². The van der Waals surface area contributed by atoms with Crippen LogP contribution in [0, 0.1) is 6.92 Å². The summed E-state index contributed by atoms with van der Waals surface area (Å²) >= 11 is 1.61. The van der Waals surface area contributed by atoms with Crippen LogP contribution in [0.2, 0.25) is 0 Å². The summed E-state index contributed by atoms with van der Waals surface area (Å²) in [6, 6.07) is 7.60. The minimum Gasteiger partial charge on any atom is -0.352 e. The molecule has 0 aliphatic carbocycles. The molecule has 0 saturated carbocycles. The molecule has 0 aliphatic rings. The Morgan fingerprint density at radius 1 is 1.47 bits per heavy atom. The molecular formula is C13H14N2OS. The zero-order valence-electron chi connectivity index (χ0n) is 9.64. The van der Waals surface area contributed by atoms with Gasteiger partial charge in [-0.25, -0.2) is 0 Å². The minimum atomic E-state index is -0.0155. The molecule has 1 aromatic heterocycles. The van der Waals surface area contributed by atoms with Crippen molar-refractivity contribution in [2.24, 2.45) is 0 Å². The van der Waals surface area contributed by atoms with Crippen molar-refractivity contribution in [1.29, 1.82) is 0 Å². The summed E-state index contributed by atoms with van der Waals surface area (Å²) in [5, 5.41) is 2.90. The Kier molecular flexibility index (Phi) is 3.88. The average Bonchev–Trinajstić information content (AvgIpc) is 2.82. The first-order valence-corrected chi connectivity index (χ1v) is 6.36. The van der Waals surface area contributed by atoms with Crippen LogP contribution < -0.4 is 5.32 Å². The lowest BCUT2D eigenvalue weighted by Crippen LogP contribution is -2.25. The molecule has 0 radical (unpaired) electrons. The third-order valence-electron chi connectivity index (χ3n) is 2.42. The molecule has 0 saturated heterocycles. The fraction of sp³-hybridized carbons (Fsp3) is 0.231. The minimum absolute atomic E-state index is 0.0155. The van der Waals surface area contributed by atoms with E-state index in [9.17, 15) is 4.79 Å². The fourth-order valence-corrected chi connectivity index (χ4v) is 2.15. The van der Waals surface area contributed by atoms with E-state index < -0.39 is 0 Å². The number of carbonyl (C=O) groups excluding carboxylic acids is 1. The number of thiazole rings is 1. The average molecular weight is 246 g/mol. The maximum atomic E-state index is 11.8. The Labute approximate surface area is 105 Å². The van der Waals surface area contributed by atoms with Gasteiger partial charge in [-0.05, 0) is 19.1 Å². The van der Waals surface area contributed by atoms with Crippen LogP contribution in [0.4, 0.5) is 0 Å². The zero-order valence-corrected chi connectivity index (χ0v) is 10.5. The van der Waals surface area contributed by atoms with E-state index in [0.717, 1.165) is 12.0 Å². The van der Waals surface area contributed by atoms with Crippen molar-refractivity contribution in [3.63, 3.8) is 0 Å². The predicted molar refractivity (Wildman–Crippen MR) is 69.3 cm³/mol. The van der Waals surface area contributed by atoms with Crippen molar-refractivity contribution < 1.29 is 4.79 Å². The first kappa shape index (κ1) is 11.8. The highest BCUT2D eigenvalue weighted by atomic mass is 32.1. The van der Waals surface area contributed by atoms with Crippen molar-refractivity contribution in [2.75, 3.05) is 6.54 Å². The summed E-state index contributed by atoms with van der Waals surface area (Å²) in [6.07, 6.45) is 2.67. The molecule has 3 nitrogen and oxygen atoms in total. The lowest BCUT2D eigenvalue weighted by Gasteiger charge is -2.04. The van der Waals surface area contributed by atoms with Gasteiger partial charge in [0.05, 0.1) is 5.51 Å². The maximum absolute atomic E-state index is 11.8. The number of hydrogen-bond acceptors (Lipinski definition) is 3. The lowest BCUT2D eigenvalue weighted by atomic mass is 10.1. The van der Waals surface area contributed by atoms with Gasteiger partial charge in [-0.2, -0.15) is 0 Å². The molecular weight excluding hydrogens is 232 g/mol. The lowest BCUT2D eigenvalue weighted by molar-refractivity contribution is 0.0954. The Morgan fingerprint density at radius 3 is 3.06 bits per heavy atom. The summed E-state index contributed by atoms with van der Waals surface area (Å²) in [7, 11) is 0. The Bertz CT molecular complexity index is 494. The van der Waals surface area contributed by atoms with Crippen LogP contribution in [-0.2, 0) is 6.42 Å². The number of aromatic nitrogens is 1. The van der Waals surface area contributed by atoms with E-state index in [1.165, 1.54) is 4.88 Å². The molecule has 1 amide bonds. The van der Waals surface area contributed by atoms with Gasteiger partial charge in [-0.1, -0.05) is 17.7 Å². The topological polar surface area (TPSA) is 42.0 Å². The van der Waals surface area contributed by atoms with Gasteiger partial charge in [0.15, 0.2) is 0 Å². The number of hydrogen-bond donors (Lipinski definition) is 1. The van der Waals surface area contributed by atoms with Gasteiger partial charge in [0.1, 0.15) is 0 Å². The summed E-state index contributed by atoms with van der Waals surface area (Å²) in [6.45, 7) is 2.63. The molecule has 0 atom stereocenters. The smallest absolute Gasteiger partial charge is 0.251 e. The van der Waals surface area contributed by atoms with Gasteiger partial charge in [-0.3, -0.25) is 9.78 Å². The van der Waals surface area contributed by atoms with Crippen LogP contribution in [0.25, 0.3) is 0 Å². The van der Waals surface area contributed by atoms with Gasteiger partial charge in [0.25, 0.3) is 5.91 Å². The molecule has 0 spiro atoms. The molecule has 1 heterocycles. The number of amides is 1. The van der Waals surface area contributed by atoms with Gasteiger partial charge in [-0.15, -0.1) is 11.3 Å². The number of aryl methyl sites for hydroxylation is 1. The highest BCUT2D eigenvalue weighted by molar-refractivity contribution is 7.09. The molecule has 0 aliphatic heterocycles. The van der Waals surface area contributed by atoms with Crippen LogP contribution >= 0.6 is 11.3 Å². The molecule has 0 bridgehead atoms. The van der Waals surface area contributed by atoms with Gasteiger partial charge in [0.2, 0.25) is 0 Å². The fourth-order valence-electron chi connectivity index (χ4n) is 1.55. The first-order valence-electron chi connectivity index (χ1n) is 5.48. The predicted octanol–water partition coefficient (Wildman–Crippen LogP) is 2.42. The molecule has 1 aromatic carbocycles. The van der Waals surface area contributed by atoms with Crippen molar-refractivity contribution in [3.05, 3.63) is 52.0 Å². The Hall–Kier alpha value is -1.68. The molecule has 17 heavy (non-hydrogen) atoms. The summed E-state index contributed by atoms with van der Waals surface area (Å²) < 4.78 is 0. The van der Waals surface area contributed by atoms with E-state index in [1.54, 1.807) is 16.8 Å². The van der Waals surface area contributed by atoms with Gasteiger partial charge >= 0.3 is 0 Å². The first-order chi connectivity index (χ1) is 8.25. The largest absolute Gasteiger partial charge is 0.352 e. The monoisotopic (exact) mass is 246 g/mol. The van der Waals surface area contributed by atoms with Crippen LogP contribution in [0.5, 0.6) is 0 Å². The summed E-state index contributed by atoms with van der Waals surface area (Å²) in [4.78, 5) is 17.0. The molecule has 1 N–H and O–H groups in total. The van der Waals surface area contributed by atoms with Crippen molar-refractivity contribution in [2.45, 2.75) is 13.3 Å². The summed E-state index contributed by atoms with van der Waals surface area (Å²) in [5.41, 5.74) is 3.62. The second-order valence-electron chi connectivity index (χ2n) is 3.84. The van der Waals surface area contributed by atoms with E-state index in [2.05, 4.69) is 10.3 Å². The van der Waals surface area contributed by atoms with Crippen LogP contribution in [0.15, 0.2) is 36.0 Å². The number of benzene rings is 1. The van der Waals surface area contributed by atoms with Crippen LogP contribution in [-0.4, -0.2) is 17.4 Å². The van der Waals surface area contributed by atoms with Gasteiger partial charge < -0.3 is 5.32 Å². The standard InChI is InChI=1S/C13H14N2OS/c1-10-3-2-4-11(7-10)13(16)15-6-5-12-8-14-9-17-12/h2-4,7-9H,5-6H2,1H3,(H,15,16). The Balaban J connectivity index is 1.85. The van der Waals surface area contributed by atoms with E-state index in [0.29, 0.717) is 12.1 Å². The molecule has 2 aromatic rings. The molecule has 4 heteroatoms. The second kappa shape index (κ2) is 5.59. The van der Waals surface area contributed by atoms with Crippen molar-refractivity contribution >= 4 is 17.2 Å². The third kappa shape index (κ3) is 3.39. The highest BCUT2D eigenvalue weighted by Gasteiger charge is 2.04. The number of nitrogens with one attached hydrogen (secondary N) is 1. The summed E-state index contributed by atoms with van der Waals surface area (Å²) in [5.74, 6) is -0.0155. The van der Waals surface area contributed by atoms with Crippen molar-refractivity contribution in [3.8, 4) is 0 Å². The second-order valence-corrected chi connectivity index (χ2v) is 4.81. The van der Waals surface area contributed by atoms with E-state index in [4.69, 9.17) is 0 Å². The van der Waals surface area contributed by atoms with Gasteiger partial charge in [0, 0.05) is 29.6 Å². The number of carbonyl (C=O) groups is 1.